The predicted molar refractivity (Wildman–Crippen MR) is 75.5 cm³/mol. The van der Waals surface area contributed by atoms with E-state index in [0.717, 1.165) is 9.88 Å². The van der Waals surface area contributed by atoms with Gasteiger partial charge in [-0.05, 0) is 19.1 Å². The Labute approximate surface area is 118 Å². The number of carbonyl (C=O) groups is 1. The second-order valence-electron chi connectivity index (χ2n) is 4.06. The average Bonchev–Trinajstić information content (AvgIpc) is 2.81. The molecule has 2 rings (SSSR count). The van der Waals surface area contributed by atoms with E-state index in [4.69, 9.17) is 5.73 Å². The van der Waals surface area contributed by atoms with Crippen LogP contribution in [-0.4, -0.2) is 15.8 Å². The van der Waals surface area contributed by atoms with Gasteiger partial charge in [-0.1, -0.05) is 0 Å². The molecule has 20 heavy (non-hydrogen) atoms. The Morgan fingerprint density at radius 2 is 2.30 bits per heavy atom. The highest BCUT2D eigenvalue weighted by molar-refractivity contribution is 7.11. The lowest BCUT2D eigenvalue weighted by molar-refractivity contribution is -0.385. The van der Waals surface area contributed by atoms with E-state index in [-0.39, 0.29) is 17.8 Å². The molecule has 0 radical (unpaired) electrons. The topological polar surface area (TPSA) is 111 Å². The van der Waals surface area contributed by atoms with Crippen molar-refractivity contribution in [3.05, 3.63) is 50.0 Å². The number of nitrogens with zero attached hydrogens (tertiary/aromatic N) is 2. The van der Waals surface area contributed by atoms with E-state index in [1.165, 1.54) is 29.5 Å². The number of carbonyl (C=O) groups excluding carboxylic acids is 1. The molecule has 0 saturated carbocycles. The molecule has 2 aromatic rings. The normalized spacial score (nSPS) is 10.2. The number of rotatable bonds is 4. The number of nitrogens with two attached hydrogens (primary N) is 1. The van der Waals surface area contributed by atoms with Gasteiger partial charge in [-0.25, -0.2) is 4.98 Å². The molecule has 1 aromatic carbocycles. The molecule has 0 aliphatic rings. The number of hydrogen-bond donors (Lipinski definition) is 2. The molecule has 1 aromatic heterocycles. The van der Waals surface area contributed by atoms with Crippen molar-refractivity contribution in [2.24, 2.45) is 0 Å². The smallest absolute Gasteiger partial charge is 0.282 e. The molecular weight excluding hydrogens is 280 g/mol. The van der Waals surface area contributed by atoms with Crippen LogP contribution in [0.3, 0.4) is 0 Å². The van der Waals surface area contributed by atoms with E-state index in [1.807, 2.05) is 6.92 Å². The lowest BCUT2D eigenvalue weighted by atomic mass is 10.1. The van der Waals surface area contributed by atoms with Crippen LogP contribution in [0.5, 0.6) is 0 Å². The molecule has 7 nitrogen and oxygen atoms in total. The molecule has 0 aliphatic carbocycles. The minimum atomic E-state index is -0.606. The second kappa shape index (κ2) is 5.66. The number of nitro groups is 1. The summed E-state index contributed by atoms with van der Waals surface area (Å²) in [5.74, 6) is -0.532. The molecule has 0 bridgehead atoms. The Morgan fingerprint density at radius 3 is 2.90 bits per heavy atom. The van der Waals surface area contributed by atoms with Crippen molar-refractivity contribution in [2.45, 2.75) is 13.5 Å². The van der Waals surface area contributed by atoms with Gasteiger partial charge in [-0.3, -0.25) is 14.9 Å². The van der Waals surface area contributed by atoms with E-state index in [9.17, 15) is 14.9 Å². The molecule has 8 heteroatoms. The number of nitrogen functional groups attached to an aromatic ring is 1. The zero-order chi connectivity index (χ0) is 14.7. The first-order valence-corrected chi connectivity index (χ1v) is 6.52. The lowest BCUT2D eigenvalue weighted by Gasteiger charge is -2.05. The van der Waals surface area contributed by atoms with Crippen molar-refractivity contribution in [1.82, 2.24) is 10.3 Å². The van der Waals surface area contributed by atoms with Crippen molar-refractivity contribution in [3.63, 3.8) is 0 Å². The number of hydrogen-bond acceptors (Lipinski definition) is 6. The van der Waals surface area contributed by atoms with Gasteiger partial charge < -0.3 is 11.1 Å². The fourth-order valence-electron chi connectivity index (χ4n) is 1.64. The SMILES string of the molecule is Cc1ncc(CNC(=O)c2cc(N)ccc2[N+](=O)[O-])s1. The molecule has 3 N–H and O–H groups in total. The van der Waals surface area contributed by atoms with Gasteiger partial charge >= 0.3 is 0 Å². The molecule has 0 aliphatic heterocycles. The molecule has 1 amide bonds. The highest BCUT2D eigenvalue weighted by atomic mass is 32.1. The summed E-state index contributed by atoms with van der Waals surface area (Å²) in [5.41, 5.74) is 5.55. The minimum Gasteiger partial charge on any atom is -0.399 e. The van der Waals surface area contributed by atoms with Gasteiger partial charge in [-0.2, -0.15) is 0 Å². The van der Waals surface area contributed by atoms with Crippen LogP contribution in [0.2, 0.25) is 0 Å². The Morgan fingerprint density at radius 1 is 1.55 bits per heavy atom. The van der Waals surface area contributed by atoms with Crippen molar-refractivity contribution >= 4 is 28.6 Å². The average molecular weight is 292 g/mol. The van der Waals surface area contributed by atoms with Gasteiger partial charge in [0.25, 0.3) is 11.6 Å². The van der Waals surface area contributed by atoms with Crippen molar-refractivity contribution in [3.8, 4) is 0 Å². The highest BCUT2D eigenvalue weighted by Crippen LogP contribution is 2.21. The van der Waals surface area contributed by atoms with Crippen LogP contribution in [-0.2, 0) is 6.54 Å². The van der Waals surface area contributed by atoms with Crippen LogP contribution >= 0.6 is 11.3 Å². The maximum atomic E-state index is 12.0. The monoisotopic (exact) mass is 292 g/mol. The first-order chi connectivity index (χ1) is 9.47. The third-order valence-corrected chi connectivity index (χ3v) is 3.47. The molecule has 0 atom stereocenters. The van der Waals surface area contributed by atoms with Crippen LogP contribution in [0.25, 0.3) is 0 Å². The van der Waals surface area contributed by atoms with Crippen LogP contribution in [0, 0.1) is 17.0 Å². The summed E-state index contributed by atoms with van der Waals surface area (Å²) in [5, 5.41) is 14.4. The molecule has 1 heterocycles. The lowest BCUT2D eigenvalue weighted by Crippen LogP contribution is -2.23. The Kier molecular flexibility index (Phi) is 3.94. The van der Waals surface area contributed by atoms with Crippen molar-refractivity contribution in [1.29, 1.82) is 0 Å². The van der Waals surface area contributed by atoms with E-state index < -0.39 is 10.8 Å². The summed E-state index contributed by atoms with van der Waals surface area (Å²) in [7, 11) is 0. The van der Waals surface area contributed by atoms with Gasteiger partial charge in [0, 0.05) is 22.8 Å². The number of nitrogens with one attached hydrogen (secondary N) is 1. The fourth-order valence-corrected chi connectivity index (χ4v) is 2.38. The first kappa shape index (κ1) is 13.9. The van der Waals surface area contributed by atoms with Gasteiger partial charge in [0.05, 0.1) is 16.5 Å². The zero-order valence-electron chi connectivity index (χ0n) is 10.6. The van der Waals surface area contributed by atoms with E-state index in [0.29, 0.717) is 5.69 Å². The van der Waals surface area contributed by atoms with Crippen molar-refractivity contribution in [2.75, 3.05) is 5.73 Å². The summed E-state index contributed by atoms with van der Waals surface area (Å²) in [6.07, 6.45) is 1.66. The number of amides is 1. The standard InChI is InChI=1S/C12H12N4O3S/c1-7-14-5-9(20-7)6-15-12(17)10-4-8(13)2-3-11(10)16(18)19/h2-5H,6,13H2,1H3,(H,15,17). The number of aryl methyl sites for hydroxylation is 1. The zero-order valence-corrected chi connectivity index (χ0v) is 11.4. The summed E-state index contributed by atoms with van der Waals surface area (Å²) in [6, 6.07) is 3.91. The molecule has 104 valence electrons. The number of nitro benzene ring substituents is 1. The number of benzene rings is 1. The second-order valence-corrected chi connectivity index (χ2v) is 5.38. The Balaban J connectivity index is 2.16. The first-order valence-electron chi connectivity index (χ1n) is 5.71. The maximum Gasteiger partial charge on any atom is 0.282 e. The highest BCUT2D eigenvalue weighted by Gasteiger charge is 2.20. The fraction of sp³-hybridized carbons (Fsp3) is 0.167. The van der Waals surface area contributed by atoms with Crippen LogP contribution in [0.4, 0.5) is 11.4 Å². The molecule has 0 saturated heterocycles. The van der Waals surface area contributed by atoms with Gasteiger partial charge in [0.1, 0.15) is 5.56 Å². The summed E-state index contributed by atoms with van der Waals surface area (Å²) in [6.45, 7) is 2.13. The Hall–Kier alpha value is -2.48. The third-order valence-electron chi connectivity index (χ3n) is 2.55. The summed E-state index contributed by atoms with van der Waals surface area (Å²) < 4.78 is 0. The number of anilines is 1. The molecule has 0 fully saturated rings. The van der Waals surface area contributed by atoms with E-state index in [1.54, 1.807) is 6.20 Å². The molecule has 0 unspecified atom stereocenters. The van der Waals surface area contributed by atoms with Gasteiger partial charge in [-0.15, -0.1) is 11.3 Å². The minimum absolute atomic E-state index is 0.0452. The van der Waals surface area contributed by atoms with Crippen molar-refractivity contribution < 1.29 is 9.72 Å². The van der Waals surface area contributed by atoms with Gasteiger partial charge in [0.2, 0.25) is 0 Å². The Bertz CT molecular complexity index is 668. The number of aromatic nitrogens is 1. The maximum absolute atomic E-state index is 12.0. The van der Waals surface area contributed by atoms with E-state index >= 15 is 0 Å². The largest absolute Gasteiger partial charge is 0.399 e. The van der Waals surface area contributed by atoms with Crippen LogP contribution in [0.1, 0.15) is 20.2 Å². The summed E-state index contributed by atoms with van der Waals surface area (Å²) >= 11 is 1.45. The van der Waals surface area contributed by atoms with Gasteiger partial charge in [0.15, 0.2) is 0 Å². The molecule has 0 spiro atoms. The quantitative estimate of drug-likeness (QED) is 0.507. The van der Waals surface area contributed by atoms with Crippen LogP contribution < -0.4 is 11.1 Å². The predicted octanol–water partition coefficient (Wildman–Crippen LogP) is 1.87. The molecular formula is C12H12N4O3S. The summed E-state index contributed by atoms with van der Waals surface area (Å²) in [4.78, 5) is 27.2. The van der Waals surface area contributed by atoms with Crippen LogP contribution in [0.15, 0.2) is 24.4 Å². The number of thiazole rings is 1. The third kappa shape index (κ3) is 3.09. The van der Waals surface area contributed by atoms with E-state index in [2.05, 4.69) is 10.3 Å².